The quantitative estimate of drug-likeness (QED) is 0.497. The van der Waals surface area contributed by atoms with Crippen molar-refractivity contribution in [3.63, 3.8) is 0 Å². The Balaban J connectivity index is 1.79. The third kappa shape index (κ3) is 9.27. The first-order valence-electron chi connectivity index (χ1n) is 8.27. The monoisotopic (exact) mass is 282 g/mol. The van der Waals surface area contributed by atoms with Gasteiger partial charge in [-0.3, -0.25) is 4.79 Å². The van der Waals surface area contributed by atoms with Crippen LogP contribution in [0.3, 0.4) is 0 Å². The zero-order chi connectivity index (χ0) is 14.5. The van der Waals surface area contributed by atoms with Crippen molar-refractivity contribution in [1.82, 2.24) is 0 Å². The van der Waals surface area contributed by atoms with Crippen LogP contribution in [0, 0.1) is 0 Å². The molecule has 1 aliphatic rings. The molecule has 0 aliphatic carbocycles. The van der Waals surface area contributed by atoms with Gasteiger partial charge in [0.25, 0.3) is 0 Å². The molecule has 1 aliphatic heterocycles. The van der Waals surface area contributed by atoms with E-state index in [4.69, 9.17) is 9.47 Å². The van der Waals surface area contributed by atoms with Crippen LogP contribution in [-0.2, 0) is 14.3 Å². The van der Waals surface area contributed by atoms with Gasteiger partial charge in [0.2, 0.25) is 0 Å². The van der Waals surface area contributed by atoms with E-state index >= 15 is 0 Å². The highest BCUT2D eigenvalue weighted by Crippen LogP contribution is 2.11. The van der Waals surface area contributed by atoms with Crippen molar-refractivity contribution in [2.45, 2.75) is 77.4 Å². The molecule has 0 aromatic rings. The van der Waals surface area contributed by atoms with Crippen LogP contribution in [0.1, 0.15) is 71.1 Å². The first-order chi connectivity index (χ1) is 9.83. The summed E-state index contributed by atoms with van der Waals surface area (Å²) in [6.07, 6.45) is 16.2. The third-order valence-electron chi connectivity index (χ3n) is 3.61. The largest absolute Gasteiger partial charge is 0.349 e. The smallest absolute Gasteiger partial charge is 0.181 e. The van der Waals surface area contributed by atoms with Crippen molar-refractivity contribution in [1.29, 1.82) is 0 Å². The van der Waals surface area contributed by atoms with Crippen LogP contribution >= 0.6 is 0 Å². The van der Waals surface area contributed by atoms with Gasteiger partial charge >= 0.3 is 0 Å². The van der Waals surface area contributed by atoms with E-state index in [2.05, 4.69) is 6.92 Å². The molecule has 0 N–H and O–H groups in total. The number of hydrogen-bond donors (Lipinski definition) is 0. The Morgan fingerprint density at radius 3 is 2.20 bits per heavy atom. The predicted molar refractivity (Wildman–Crippen MR) is 81.7 cm³/mol. The summed E-state index contributed by atoms with van der Waals surface area (Å²) in [6, 6.07) is 0. The summed E-state index contributed by atoms with van der Waals surface area (Å²) in [7, 11) is 0. The van der Waals surface area contributed by atoms with Gasteiger partial charge in [0.15, 0.2) is 12.1 Å². The number of ether oxygens (including phenoxy) is 2. The molecule has 0 aromatic heterocycles. The lowest BCUT2D eigenvalue weighted by atomic mass is 10.1. The molecular weight excluding hydrogens is 252 g/mol. The van der Waals surface area contributed by atoms with Crippen LogP contribution in [0.5, 0.6) is 0 Å². The molecular formula is C17H30O3. The fraction of sp³-hybridized carbons (Fsp3) is 0.824. The standard InChI is InChI=1S/C17H30O3/c1-2-3-4-5-6-7-8-9-10-11-14-19-17-13-12-16(18)15-20-17/h12-13,17H,2-11,14-15H2,1H3. The van der Waals surface area contributed by atoms with Crippen LogP contribution in [0.15, 0.2) is 12.2 Å². The van der Waals surface area contributed by atoms with E-state index < -0.39 is 0 Å². The first-order valence-corrected chi connectivity index (χ1v) is 8.27. The van der Waals surface area contributed by atoms with E-state index in [1.807, 2.05) is 0 Å². The van der Waals surface area contributed by atoms with Crippen LogP contribution in [-0.4, -0.2) is 25.3 Å². The average molecular weight is 282 g/mol. The van der Waals surface area contributed by atoms with Gasteiger partial charge in [-0.2, -0.15) is 0 Å². The topological polar surface area (TPSA) is 35.5 Å². The van der Waals surface area contributed by atoms with E-state index in [1.165, 1.54) is 57.8 Å². The molecule has 0 bridgehead atoms. The molecule has 1 atom stereocenters. The molecule has 0 spiro atoms. The minimum Gasteiger partial charge on any atom is -0.349 e. The molecule has 0 amide bonds. The summed E-state index contributed by atoms with van der Waals surface area (Å²) in [4.78, 5) is 10.9. The highest BCUT2D eigenvalue weighted by atomic mass is 16.7. The molecule has 0 aromatic carbocycles. The number of rotatable bonds is 12. The summed E-state index contributed by atoms with van der Waals surface area (Å²) in [5, 5.41) is 0. The van der Waals surface area contributed by atoms with Crippen LogP contribution < -0.4 is 0 Å². The molecule has 3 nitrogen and oxygen atoms in total. The van der Waals surface area contributed by atoms with Gasteiger partial charge < -0.3 is 9.47 Å². The van der Waals surface area contributed by atoms with Gasteiger partial charge in [0, 0.05) is 0 Å². The molecule has 0 radical (unpaired) electrons. The van der Waals surface area contributed by atoms with Crippen LogP contribution in [0.4, 0.5) is 0 Å². The van der Waals surface area contributed by atoms with Crippen molar-refractivity contribution in [2.75, 3.05) is 13.2 Å². The van der Waals surface area contributed by atoms with Gasteiger partial charge in [0.1, 0.15) is 6.61 Å². The molecule has 1 rings (SSSR count). The minimum absolute atomic E-state index is 0.0174. The Labute approximate surface area is 123 Å². The van der Waals surface area contributed by atoms with Gasteiger partial charge in [0.05, 0.1) is 6.61 Å². The maximum atomic E-state index is 10.9. The second kappa shape index (κ2) is 12.1. The second-order valence-corrected chi connectivity index (χ2v) is 5.56. The zero-order valence-electron chi connectivity index (χ0n) is 12.9. The Kier molecular flexibility index (Phi) is 10.5. The normalized spacial score (nSPS) is 18.6. The second-order valence-electron chi connectivity index (χ2n) is 5.56. The molecule has 0 saturated carbocycles. The van der Waals surface area contributed by atoms with Gasteiger partial charge in [-0.05, 0) is 18.6 Å². The Bertz CT molecular complexity index is 273. The van der Waals surface area contributed by atoms with Crippen molar-refractivity contribution in [3.05, 3.63) is 12.2 Å². The molecule has 1 heterocycles. The summed E-state index contributed by atoms with van der Waals surface area (Å²) < 4.78 is 10.8. The molecule has 3 heteroatoms. The van der Waals surface area contributed by atoms with E-state index in [0.717, 1.165) is 13.0 Å². The van der Waals surface area contributed by atoms with Crippen LogP contribution in [0.2, 0.25) is 0 Å². The first kappa shape index (κ1) is 17.4. The molecule has 20 heavy (non-hydrogen) atoms. The highest BCUT2D eigenvalue weighted by Gasteiger charge is 2.12. The summed E-state index contributed by atoms with van der Waals surface area (Å²) >= 11 is 0. The fourth-order valence-corrected chi connectivity index (χ4v) is 2.35. The summed E-state index contributed by atoms with van der Waals surface area (Å²) in [5.41, 5.74) is 0. The molecule has 1 unspecified atom stereocenters. The van der Waals surface area contributed by atoms with Crippen molar-refractivity contribution in [3.8, 4) is 0 Å². The molecule has 116 valence electrons. The number of hydrogen-bond acceptors (Lipinski definition) is 3. The fourth-order valence-electron chi connectivity index (χ4n) is 2.35. The van der Waals surface area contributed by atoms with E-state index in [0.29, 0.717) is 0 Å². The average Bonchev–Trinajstić information content (AvgIpc) is 2.47. The van der Waals surface area contributed by atoms with E-state index in [9.17, 15) is 4.79 Å². The van der Waals surface area contributed by atoms with Gasteiger partial charge in [-0.25, -0.2) is 0 Å². The van der Waals surface area contributed by atoms with Crippen molar-refractivity contribution < 1.29 is 14.3 Å². The van der Waals surface area contributed by atoms with E-state index in [1.54, 1.807) is 12.2 Å². The third-order valence-corrected chi connectivity index (χ3v) is 3.61. The lowest BCUT2D eigenvalue weighted by Crippen LogP contribution is -2.23. The lowest BCUT2D eigenvalue weighted by molar-refractivity contribution is -0.142. The van der Waals surface area contributed by atoms with E-state index in [-0.39, 0.29) is 18.7 Å². The van der Waals surface area contributed by atoms with Crippen molar-refractivity contribution in [2.24, 2.45) is 0 Å². The number of unbranched alkanes of at least 4 members (excludes halogenated alkanes) is 9. The zero-order valence-corrected chi connectivity index (χ0v) is 12.9. The number of carbonyl (C=O) groups excluding carboxylic acids is 1. The molecule has 0 fully saturated rings. The summed E-state index contributed by atoms with van der Waals surface area (Å²) in [6.45, 7) is 3.13. The number of carbonyl (C=O) groups is 1. The predicted octanol–water partition coefficient (Wildman–Crippen LogP) is 4.41. The lowest BCUT2D eigenvalue weighted by Gasteiger charge is -2.17. The van der Waals surface area contributed by atoms with Gasteiger partial charge in [-0.1, -0.05) is 64.7 Å². The minimum atomic E-state index is -0.314. The SMILES string of the molecule is CCCCCCCCCCCCOC1C=CC(=O)CO1. The Morgan fingerprint density at radius 2 is 1.65 bits per heavy atom. The number of ketones is 1. The summed E-state index contributed by atoms with van der Waals surface area (Å²) in [5.74, 6) is 0.0174. The van der Waals surface area contributed by atoms with Crippen molar-refractivity contribution >= 4 is 5.78 Å². The Hall–Kier alpha value is -0.670. The highest BCUT2D eigenvalue weighted by molar-refractivity contribution is 5.91. The maximum absolute atomic E-state index is 10.9. The molecule has 0 saturated heterocycles. The van der Waals surface area contributed by atoms with Crippen LogP contribution in [0.25, 0.3) is 0 Å². The van der Waals surface area contributed by atoms with Gasteiger partial charge in [-0.15, -0.1) is 0 Å². The Morgan fingerprint density at radius 1 is 1.05 bits per heavy atom. The maximum Gasteiger partial charge on any atom is 0.181 e.